The summed E-state index contributed by atoms with van der Waals surface area (Å²) < 4.78 is 15.3. The summed E-state index contributed by atoms with van der Waals surface area (Å²) in [5.74, 6) is -0.00681. The molecule has 2 heterocycles. The molecule has 2 aromatic heterocycles. The lowest BCUT2D eigenvalue weighted by Crippen LogP contribution is -2.26. The van der Waals surface area contributed by atoms with E-state index < -0.39 is 5.91 Å². The van der Waals surface area contributed by atoms with Crippen LogP contribution in [0.15, 0.2) is 50.3 Å². The van der Waals surface area contributed by atoms with Crippen LogP contribution in [0.4, 0.5) is 0 Å². The Labute approximate surface area is 153 Å². The van der Waals surface area contributed by atoms with Crippen molar-refractivity contribution in [2.75, 3.05) is 6.54 Å². The minimum Gasteiger partial charge on any atom is -0.508 e. The Morgan fingerprint density at radius 2 is 2.04 bits per heavy atom. The summed E-state index contributed by atoms with van der Waals surface area (Å²) in [5.41, 5.74) is 0.638. The third kappa shape index (κ3) is 4.72. The van der Waals surface area contributed by atoms with E-state index >= 15 is 0 Å². The Bertz CT molecular complexity index is 977. The number of nitrogens with zero attached hydrogens (tertiary/aromatic N) is 2. The van der Waals surface area contributed by atoms with Crippen molar-refractivity contribution in [1.82, 2.24) is 15.5 Å². The van der Waals surface area contributed by atoms with Crippen LogP contribution in [0.25, 0.3) is 0 Å². The topological polar surface area (TPSA) is 128 Å². The second-order valence-corrected chi connectivity index (χ2v) is 5.65. The highest BCUT2D eigenvalue weighted by molar-refractivity contribution is 5.89. The standard InChI is InChI=1S/C18H17N3O6/c1-11-16(14(23)7-9-25-11)26-10-15-20-18(27-21-15)17(24)19-8-6-12-2-4-13(22)5-3-12/h2-5,7,9,22H,6,8,10H2,1H3,(H,19,24). The molecule has 0 unspecified atom stereocenters. The van der Waals surface area contributed by atoms with Crippen molar-refractivity contribution in [3.05, 3.63) is 69.9 Å². The van der Waals surface area contributed by atoms with E-state index in [-0.39, 0.29) is 35.2 Å². The summed E-state index contributed by atoms with van der Waals surface area (Å²) in [6.07, 6.45) is 1.86. The number of carbonyl (C=O) groups is 1. The number of aromatic nitrogens is 2. The molecular weight excluding hydrogens is 354 g/mol. The number of benzene rings is 1. The molecule has 0 bridgehead atoms. The quantitative estimate of drug-likeness (QED) is 0.641. The fourth-order valence-electron chi connectivity index (χ4n) is 2.27. The second-order valence-electron chi connectivity index (χ2n) is 5.65. The number of hydrogen-bond acceptors (Lipinski definition) is 8. The summed E-state index contributed by atoms with van der Waals surface area (Å²) in [5, 5.41) is 15.6. The van der Waals surface area contributed by atoms with Crippen molar-refractivity contribution in [3.8, 4) is 11.5 Å². The first-order valence-electron chi connectivity index (χ1n) is 8.13. The Morgan fingerprint density at radius 3 is 2.78 bits per heavy atom. The van der Waals surface area contributed by atoms with Gasteiger partial charge < -0.3 is 24.1 Å². The van der Waals surface area contributed by atoms with Gasteiger partial charge in [0.1, 0.15) is 11.5 Å². The number of nitrogens with one attached hydrogen (secondary N) is 1. The van der Waals surface area contributed by atoms with Crippen LogP contribution in [-0.2, 0) is 13.0 Å². The van der Waals surface area contributed by atoms with Crippen LogP contribution in [0.3, 0.4) is 0 Å². The smallest absolute Gasteiger partial charge is 0.316 e. The Balaban J connectivity index is 1.51. The maximum Gasteiger partial charge on any atom is 0.316 e. The Hall–Kier alpha value is -3.62. The number of rotatable bonds is 7. The highest BCUT2D eigenvalue weighted by Gasteiger charge is 2.16. The van der Waals surface area contributed by atoms with Crippen LogP contribution in [0, 0.1) is 6.92 Å². The van der Waals surface area contributed by atoms with Crippen LogP contribution in [-0.4, -0.2) is 27.7 Å². The Kier molecular flexibility index (Phi) is 5.50. The SMILES string of the molecule is Cc1occc(=O)c1OCc1noc(C(=O)NCCc2ccc(O)cc2)n1. The van der Waals surface area contributed by atoms with E-state index in [1.807, 2.05) is 0 Å². The molecule has 0 radical (unpaired) electrons. The second kappa shape index (κ2) is 8.17. The zero-order valence-electron chi connectivity index (χ0n) is 14.5. The molecule has 0 aliphatic rings. The fraction of sp³-hybridized carbons (Fsp3) is 0.222. The first kappa shape index (κ1) is 18.2. The molecule has 3 aromatic rings. The van der Waals surface area contributed by atoms with Gasteiger partial charge in [-0.25, -0.2) is 0 Å². The fourth-order valence-corrected chi connectivity index (χ4v) is 2.27. The van der Waals surface area contributed by atoms with E-state index in [4.69, 9.17) is 13.7 Å². The maximum atomic E-state index is 12.0. The van der Waals surface area contributed by atoms with Crippen molar-refractivity contribution in [2.24, 2.45) is 0 Å². The van der Waals surface area contributed by atoms with Crippen molar-refractivity contribution in [3.63, 3.8) is 0 Å². The molecule has 0 atom stereocenters. The van der Waals surface area contributed by atoms with Gasteiger partial charge in [0, 0.05) is 12.6 Å². The molecule has 1 aromatic carbocycles. The molecule has 0 saturated heterocycles. The van der Waals surface area contributed by atoms with E-state index in [0.29, 0.717) is 18.7 Å². The zero-order valence-corrected chi connectivity index (χ0v) is 14.5. The largest absolute Gasteiger partial charge is 0.508 e. The number of ether oxygens (including phenoxy) is 1. The molecule has 0 aliphatic heterocycles. The molecule has 0 spiro atoms. The van der Waals surface area contributed by atoms with E-state index in [1.54, 1.807) is 31.2 Å². The lowest BCUT2D eigenvalue weighted by atomic mass is 10.1. The summed E-state index contributed by atoms with van der Waals surface area (Å²) in [6.45, 7) is 1.82. The van der Waals surface area contributed by atoms with Gasteiger partial charge in [0.2, 0.25) is 17.0 Å². The number of hydrogen-bond donors (Lipinski definition) is 2. The summed E-state index contributed by atoms with van der Waals surface area (Å²) in [6, 6.07) is 7.94. The number of carbonyl (C=O) groups excluding carboxylic acids is 1. The third-order valence-electron chi connectivity index (χ3n) is 3.65. The number of phenolic OH excluding ortho intramolecular Hbond substituents is 1. The van der Waals surface area contributed by atoms with Crippen LogP contribution >= 0.6 is 0 Å². The molecule has 140 valence electrons. The number of phenols is 1. The van der Waals surface area contributed by atoms with Crippen molar-refractivity contribution < 1.29 is 23.6 Å². The predicted octanol–water partition coefficient (Wildman–Crippen LogP) is 1.59. The number of amides is 1. The molecule has 0 aliphatic carbocycles. The number of aryl methyl sites for hydroxylation is 1. The lowest BCUT2D eigenvalue weighted by molar-refractivity contribution is 0.0910. The van der Waals surface area contributed by atoms with Gasteiger partial charge in [-0.15, -0.1) is 0 Å². The maximum absolute atomic E-state index is 12.0. The van der Waals surface area contributed by atoms with Crippen LogP contribution in [0.5, 0.6) is 11.5 Å². The molecular formula is C18H17N3O6. The third-order valence-corrected chi connectivity index (χ3v) is 3.65. The molecule has 3 rings (SSSR count). The molecule has 9 heteroatoms. The summed E-state index contributed by atoms with van der Waals surface area (Å²) >= 11 is 0. The molecule has 0 fully saturated rings. The minimum absolute atomic E-state index is 0.0576. The van der Waals surface area contributed by atoms with E-state index in [9.17, 15) is 14.7 Å². The monoisotopic (exact) mass is 371 g/mol. The summed E-state index contributed by atoms with van der Waals surface area (Å²) in [7, 11) is 0. The minimum atomic E-state index is -0.511. The van der Waals surface area contributed by atoms with Gasteiger partial charge in [0.25, 0.3) is 0 Å². The zero-order chi connectivity index (χ0) is 19.2. The van der Waals surface area contributed by atoms with E-state index in [1.165, 1.54) is 12.3 Å². The van der Waals surface area contributed by atoms with Crippen LogP contribution in [0.2, 0.25) is 0 Å². The molecule has 0 saturated carbocycles. The van der Waals surface area contributed by atoms with Crippen LogP contribution < -0.4 is 15.5 Å². The molecule has 9 nitrogen and oxygen atoms in total. The number of aromatic hydroxyl groups is 1. The van der Waals surface area contributed by atoms with Gasteiger partial charge in [0.05, 0.1) is 6.26 Å². The van der Waals surface area contributed by atoms with E-state index in [0.717, 1.165) is 5.56 Å². The van der Waals surface area contributed by atoms with Crippen molar-refractivity contribution in [2.45, 2.75) is 20.0 Å². The first-order valence-corrected chi connectivity index (χ1v) is 8.13. The van der Waals surface area contributed by atoms with Gasteiger partial charge in [-0.3, -0.25) is 9.59 Å². The molecule has 27 heavy (non-hydrogen) atoms. The lowest BCUT2D eigenvalue weighted by Gasteiger charge is -2.03. The van der Waals surface area contributed by atoms with Crippen molar-refractivity contribution >= 4 is 5.91 Å². The molecule has 2 N–H and O–H groups in total. The van der Waals surface area contributed by atoms with Gasteiger partial charge >= 0.3 is 11.8 Å². The average Bonchev–Trinajstić information content (AvgIpc) is 3.12. The van der Waals surface area contributed by atoms with Gasteiger partial charge in [0.15, 0.2) is 6.61 Å². The average molecular weight is 371 g/mol. The van der Waals surface area contributed by atoms with Crippen LogP contribution in [0.1, 0.15) is 27.8 Å². The highest BCUT2D eigenvalue weighted by Crippen LogP contribution is 2.12. The highest BCUT2D eigenvalue weighted by atomic mass is 16.5. The summed E-state index contributed by atoms with van der Waals surface area (Å²) in [4.78, 5) is 27.7. The predicted molar refractivity (Wildman–Crippen MR) is 92.5 cm³/mol. The van der Waals surface area contributed by atoms with Gasteiger partial charge in [-0.05, 0) is 31.0 Å². The normalized spacial score (nSPS) is 10.6. The van der Waals surface area contributed by atoms with E-state index in [2.05, 4.69) is 15.5 Å². The molecule has 1 amide bonds. The van der Waals surface area contributed by atoms with Gasteiger partial charge in [-0.2, -0.15) is 4.98 Å². The van der Waals surface area contributed by atoms with Gasteiger partial charge in [-0.1, -0.05) is 17.3 Å². The Morgan fingerprint density at radius 1 is 1.26 bits per heavy atom. The van der Waals surface area contributed by atoms with Crippen molar-refractivity contribution in [1.29, 1.82) is 0 Å². The first-order chi connectivity index (χ1) is 13.0.